The van der Waals surface area contributed by atoms with E-state index >= 15 is 0 Å². The van der Waals surface area contributed by atoms with Crippen LogP contribution in [0.15, 0.2) is 12.4 Å². The summed E-state index contributed by atoms with van der Waals surface area (Å²) in [4.78, 5) is 20.4. The Labute approximate surface area is 136 Å². The first-order valence-electron chi connectivity index (χ1n) is 7.64. The second-order valence-electron chi connectivity index (χ2n) is 5.37. The Balaban J connectivity index is 2.11. The normalized spacial score (nSPS) is 19.3. The van der Waals surface area contributed by atoms with Crippen LogP contribution in [0.2, 0.25) is 0 Å². The maximum absolute atomic E-state index is 12.5. The molecule has 1 aromatic heterocycles. The Hall–Kier alpha value is -1.74. The van der Waals surface area contributed by atoms with Crippen molar-refractivity contribution in [3.63, 3.8) is 0 Å². The van der Waals surface area contributed by atoms with Gasteiger partial charge in [0.15, 0.2) is 5.82 Å². The van der Waals surface area contributed by atoms with Crippen molar-refractivity contribution in [3.8, 4) is 5.88 Å². The first-order valence-corrected chi connectivity index (χ1v) is 9.25. The number of aromatic nitrogens is 2. The Morgan fingerprint density at radius 3 is 2.78 bits per heavy atom. The number of amides is 1. The molecular weight excluding hydrogens is 320 g/mol. The fourth-order valence-corrected chi connectivity index (χ4v) is 4.32. The number of hydrogen-bond donors (Lipinski definition) is 1. The van der Waals surface area contributed by atoms with Gasteiger partial charge in [0.05, 0.1) is 25.3 Å². The van der Waals surface area contributed by atoms with E-state index in [0.717, 1.165) is 12.8 Å². The molecule has 23 heavy (non-hydrogen) atoms. The maximum Gasteiger partial charge on any atom is 0.244 e. The Morgan fingerprint density at radius 2 is 2.17 bits per heavy atom. The zero-order chi connectivity index (χ0) is 16.9. The lowest BCUT2D eigenvalue weighted by molar-refractivity contribution is -0.120. The lowest BCUT2D eigenvalue weighted by Gasteiger charge is -2.33. The number of anilines is 1. The van der Waals surface area contributed by atoms with Gasteiger partial charge in [-0.1, -0.05) is 13.3 Å². The molecule has 2 heterocycles. The fourth-order valence-electron chi connectivity index (χ4n) is 2.57. The molecule has 0 radical (unpaired) electrons. The molecule has 1 fully saturated rings. The number of ether oxygens (including phenoxy) is 1. The van der Waals surface area contributed by atoms with Crippen molar-refractivity contribution in [2.24, 2.45) is 0 Å². The number of nitrogens with one attached hydrogen (secondary N) is 1. The quantitative estimate of drug-likeness (QED) is 0.828. The zero-order valence-corrected chi connectivity index (χ0v) is 14.2. The van der Waals surface area contributed by atoms with E-state index in [1.165, 1.54) is 23.8 Å². The van der Waals surface area contributed by atoms with E-state index in [2.05, 4.69) is 15.3 Å². The molecule has 9 heteroatoms. The number of sulfonamides is 1. The highest BCUT2D eigenvalue weighted by molar-refractivity contribution is 7.89. The van der Waals surface area contributed by atoms with Gasteiger partial charge in [0.25, 0.3) is 0 Å². The molecular formula is C14H22N4O4S. The van der Waals surface area contributed by atoms with Crippen molar-refractivity contribution in [2.45, 2.75) is 38.6 Å². The van der Waals surface area contributed by atoms with Crippen LogP contribution in [0, 0.1) is 0 Å². The Kier molecular flexibility index (Phi) is 5.89. The summed E-state index contributed by atoms with van der Waals surface area (Å²) < 4.78 is 30.9. The standard InChI is InChI=1S/C14H22N4O4S/c1-3-8-23(20,21)18-7-5-4-6-11(18)14(19)17-12-9-16-13(22-2)10-15-12/h9-11H,3-8H2,1-2H3,(H,15,17,19)/t11-/m1/s1. The summed E-state index contributed by atoms with van der Waals surface area (Å²) in [5, 5.41) is 2.63. The molecule has 8 nitrogen and oxygen atoms in total. The third kappa shape index (κ3) is 4.38. The van der Waals surface area contributed by atoms with Crippen molar-refractivity contribution >= 4 is 21.7 Å². The topological polar surface area (TPSA) is 101 Å². The maximum atomic E-state index is 12.5. The minimum absolute atomic E-state index is 0.0547. The second-order valence-corrected chi connectivity index (χ2v) is 7.41. The van der Waals surface area contributed by atoms with Gasteiger partial charge in [-0.3, -0.25) is 4.79 Å². The molecule has 128 valence electrons. The van der Waals surface area contributed by atoms with E-state index in [1.54, 1.807) is 0 Å². The van der Waals surface area contributed by atoms with Crippen LogP contribution in [-0.4, -0.2) is 54.0 Å². The zero-order valence-electron chi connectivity index (χ0n) is 13.4. The summed E-state index contributed by atoms with van der Waals surface area (Å²) in [6, 6.07) is -0.691. The minimum atomic E-state index is -3.41. The molecule has 0 bridgehead atoms. The minimum Gasteiger partial charge on any atom is -0.480 e. The highest BCUT2D eigenvalue weighted by Crippen LogP contribution is 2.22. The number of nitrogens with zero attached hydrogens (tertiary/aromatic N) is 3. The summed E-state index contributed by atoms with van der Waals surface area (Å²) >= 11 is 0. The summed E-state index contributed by atoms with van der Waals surface area (Å²) in [6.45, 7) is 2.19. The van der Waals surface area contributed by atoms with E-state index in [9.17, 15) is 13.2 Å². The monoisotopic (exact) mass is 342 g/mol. The first-order chi connectivity index (χ1) is 11.0. The van der Waals surface area contributed by atoms with E-state index in [-0.39, 0.29) is 17.5 Å². The molecule has 0 spiro atoms. The van der Waals surface area contributed by atoms with Gasteiger partial charge >= 0.3 is 0 Å². The molecule has 0 aromatic carbocycles. The highest BCUT2D eigenvalue weighted by atomic mass is 32.2. The smallest absolute Gasteiger partial charge is 0.244 e. The van der Waals surface area contributed by atoms with Crippen LogP contribution in [0.4, 0.5) is 5.82 Å². The summed E-state index contributed by atoms with van der Waals surface area (Å²) in [5.74, 6) is 0.296. The SMILES string of the molecule is CCCS(=O)(=O)N1CCCC[C@@H]1C(=O)Nc1cnc(OC)cn1. The van der Waals surface area contributed by atoms with Gasteiger partial charge in [0.2, 0.25) is 21.8 Å². The van der Waals surface area contributed by atoms with Crippen LogP contribution < -0.4 is 10.1 Å². The molecule has 0 unspecified atom stereocenters. The predicted molar refractivity (Wildman–Crippen MR) is 85.6 cm³/mol. The van der Waals surface area contributed by atoms with Crippen LogP contribution in [-0.2, 0) is 14.8 Å². The number of hydrogen-bond acceptors (Lipinski definition) is 6. The molecule has 0 saturated carbocycles. The van der Waals surface area contributed by atoms with E-state index in [4.69, 9.17) is 4.74 Å². The molecule has 2 rings (SSSR count). The van der Waals surface area contributed by atoms with Gasteiger partial charge < -0.3 is 10.1 Å². The number of rotatable bonds is 6. The molecule has 0 aliphatic carbocycles. The van der Waals surface area contributed by atoms with Crippen LogP contribution >= 0.6 is 0 Å². The average molecular weight is 342 g/mol. The summed E-state index contributed by atoms with van der Waals surface area (Å²) in [7, 11) is -1.94. The molecule has 1 atom stereocenters. The summed E-state index contributed by atoms with van der Waals surface area (Å²) in [6.07, 6.45) is 5.40. The number of methoxy groups -OCH3 is 1. The number of carbonyl (C=O) groups excluding carboxylic acids is 1. The van der Waals surface area contributed by atoms with Gasteiger partial charge in [0, 0.05) is 6.54 Å². The molecule has 1 amide bonds. The number of carbonyl (C=O) groups is 1. The fraction of sp³-hybridized carbons (Fsp3) is 0.643. The molecule has 1 aromatic rings. The van der Waals surface area contributed by atoms with Crippen molar-refractivity contribution in [3.05, 3.63) is 12.4 Å². The lowest BCUT2D eigenvalue weighted by Crippen LogP contribution is -2.50. The Bertz CT molecular complexity index is 633. The molecule has 1 N–H and O–H groups in total. The Morgan fingerprint density at radius 1 is 1.39 bits per heavy atom. The van der Waals surface area contributed by atoms with E-state index in [0.29, 0.717) is 25.3 Å². The van der Waals surface area contributed by atoms with Crippen LogP contribution in [0.25, 0.3) is 0 Å². The van der Waals surface area contributed by atoms with E-state index < -0.39 is 16.1 Å². The van der Waals surface area contributed by atoms with Crippen LogP contribution in [0.3, 0.4) is 0 Å². The van der Waals surface area contributed by atoms with Crippen molar-refractivity contribution < 1.29 is 17.9 Å². The van der Waals surface area contributed by atoms with Crippen LogP contribution in [0.5, 0.6) is 5.88 Å². The van der Waals surface area contributed by atoms with Gasteiger partial charge in [-0.15, -0.1) is 0 Å². The molecule has 1 aliphatic rings. The van der Waals surface area contributed by atoms with Gasteiger partial charge in [-0.2, -0.15) is 4.31 Å². The van der Waals surface area contributed by atoms with Gasteiger partial charge in [0.1, 0.15) is 6.04 Å². The van der Waals surface area contributed by atoms with E-state index in [1.807, 2.05) is 6.92 Å². The first kappa shape index (κ1) is 17.6. The molecule has 1 saturated heterocycles. The number of piperidine rings is 1. The third-order valence-corrected chi connectivity index (χ3v) is 5.74. The largest absolute Gasteiger partial charge is 0.480 e. The van der Waals surface area contributed by atoms with Crippen molar-refractivity contribution in [1.82, 2.24) is 14.3 Å². The highest BCUT2D eigenvalue weighted by Gasteiger charge is 2.36. The van der Waals surface area contributed by atoms with Crippen molar-refractivity contribution in [1.29, 1.82) is 0 Å². The van der Waals surface area contributed by atoms with Crippen molar-refractivity contribution in [2.75, 3.05) is 24.7 Å². The third-order valence-electron chi connectivity index (χ3n) is 3.66. The second kappa shape index (κ2) is 7.69. The van der Waals surface area contributed by atoms with Gasteiger partial charge in [-0.25, -0.2) is 18.4 Å². The lowest BCUT2D eigenvalue weighted by atomic mass is 10.0. The summed E-state index contributed by atoms with van der Waals surface area (Å²) in [5.41, 5.74) is 0. The average Bonchev–Trinajstić information content (AvgIpc) is 2.55. The predicted octanol–water partition coefficient (Wildman–Crippen LogP) is 1.02. The van der Waals surface area contributed by atoms with Gasteiger partial charge in [-0.05, 0) is 19.3 Å². The molecule has 1 aliphatic heterocycles. The van der Waals surface area contributed by atoms with Crippen LogP contribution in [0.1, 0.15) is 32.6 Å².